The molecule has 230 valence electrons. The number of benzene rings is 5. The average Bonchev–Trinajstić information content (AvgIpc) is 3.09. The van der Waals surface area contributed by atoms with Gasteiger partial charge in [0.1, 0.15) is 0 Å². The minimum absolute atomic E-state index is 0.284. The molecule has 0 radical (unpaired) electrons. The van der Waals surface area contributed by atoms with E-state index < -0.39 is 0 Å². The minimum atomic E-state index is -0.286. The summed E-state index contributed by atoms with van der Waals surface area (Å²) in [5, 5.41) is 3.29. The van der Waals surface area contributed by atoms with Gasteiger partial charge in [0.15, 0.2) is 0 Å². The van der Waals surface area contributed by atoms with Gasteiger partial charge >= 0.3 is 11.9 Å². The average molecular weight is 601 g/mol. The molecule has 0 bridgehead atoms. The van der Waals surface area contributed by atoms with Crippen LogP contribution in [-0.4, -0.2) is 25.2 Å². The third-order valence-electron chi connectivity index (χ3n) is 6.87. The molecule has 1 N–H and O–H groups in total. The van der Waals surface area contributed by atoms with Gasteiger partial charge in [-0.15, -0.1) is 0 Å². The molecule has 0 aromatic heterocycles. The first-order valence-electron chi connectivity index (χ1n) is 15.2. The van der Waals surface area contributed by atoms with Crippen LogP contribution < -0.4 is 10.2 Å². The maximum Gasteiger partial charge on any atom is 0.338 e. The second-order valence-electron chi connectivity index (χ2n) is 10.2. The van der Waals surface area contributed by atoms with Crippen LogP contribution in [0.5, 0.6) is 0 Å². The number of hydrogen-bond donors (Lipinski definition) is 1. The summed E-state index contributed by atoms with van der Waals surface area (Å²) in [5.41, 5.74) is 6.71. The minimum Gasteiger partial charge on any atom is -0.462 e. The van der Waals surface area contributed by atoms with Crippen molar-refractivity contribution in [3.63, 3.8) is 0 Å². The summed E-state index contributed by atoms with van der Waals surface area (Å²) < 4.78 is 10.1. The lowest BCUT2D eigenvalue weighted by Gasteiger charge is -2.25. The molecule has 0 heterocycles. The van der Waals surface area contributed by atoms with Crippen molar-refractivity contribution in [2.24, 2.45) is 0 Å². The van der Waals surface area contributed by atoms with Crippen molar-refractivity contribution < 1.29 is 19.1 Å². The van der Waals surface area contributed by atoms with Gasteiger partial charge in [-0.25, -0.2) is 9.59 Å². The summed E-state index contributed by atoms with van der Waals surface area (Å²) in [5.74, 6) is -0.570. The van der Waals surface area contributed by atoms with Crippen LogP contribution >= 0.6 is 0 Å². The van der Waals surface area contributed by atoms with Gasteiger partial charge < -0.3 is 19.7 Å². The first kappa shape index (κ1) is 32.6. The molecule has 0 unspecified atom stereocenters. The first-order valence-corrected chi connectivity index (χ1v) is 15.2. The number of anilines is 2. The van der Waals surface area contributed by atoms with Crippen LogP contribution in [0.4, 0.5) is 11.4 Å². The fraction of sp³-hybridized carbons (Fsp3) is 0.179. The molecule has 5 aromatic rings. The standard InChI is InChI=1S/C23H23NO2.C16H17NO2/c1-2-26-23(25)21-14-9-15-22(16-21)24(17-19-10-5-3-6-11-19)18-20-12-7-4-8-13-20;1-2-19-16(18)14-9-6-10-15(11-14)17-12-13-7-4-3-5-8-13/h3-16H,2,17-18H2,1H3;3-11,17H,2,12H2,1H3. The molecule has 0 atom stereocenters. The summed E-state index contributed by atoms with van der Waals surface area (Å²) in [4.78, 5) is 26.0. The number of carbonyl (C=O) groups is 2. The molecule has 0 saturated heterocycles. The van der Waals surface area contributed by atoms with Gasteiger partial charge in [0.05, 0.1) is 24.3 Å². The number of rotatable bonds is 12. The van der Waals surface area contributed by atoms with Gasteiger partial charge in [-0.2, -0.15) is 0 Å². The van der Waals surface area contributed by atoms with E-state index in [0.717, 1.165) is 31.0 Å². The zero-order chi connectivity index (χ0) is 31.7. The zero-order valence-corrected chi connectivity index (χ0v) is 25.9. The SMILES string of the molecule is CCOC(=O)c1cccc(N(Cc2ccccc2)Cc2ccccc2)c1.CCOC(=O)c1cccc(NCc2ccccc2)c1. The molecule has 0 spiro atoms. The number of ether oxygens (including phenoxy) is 2. The summed E-state index contributed by atoms with van der Waals surface area (Å²) in [6, 6.07) is 45.8. The zero-order valence-electron chi connectivity index (χ0n) is 25.9. The van der Waals surface area contributed by atoms with E-state index in [9.17, 15) is 9.59 Å². The van der Waals surface area contributed by atoms with Crippen molar-refractivity contribution in [2.75, 3.05) is 23.4 Å². The normalized spacial score (nSPS) is 10.2. The molecule has 0 aliphatic carbocycles. The lowest BCUT2D eigenvalue weighted by Crippen LogP contribution is -2.22. The van der Waals surface area contributed by atoms with Crippen LogP contribution in [0.25, 0.3) is 0 Å². The van der Waals surface area contributed by atoms with Crippen molar-refractivity contribution in [1.82, 2.24) is 0 Å². The largest absolute Gasteiger partial charge is 0.462 e. The van der Waals surface area contributed by atoms with E-state index in [1.807, 2.05) is 91.9 Å². The molecular formula is C39H40N2O4. The molecule has 0 aliphatic rings. The predicted octanol–water partition coefficient (Wildman–Crippen LogP) is 8.55. The number of nitrogens with one attached hydrogen (secondary N) is 1. The highest BCUT2D eigenvalue weighted by molar-refractivity contribution is 5.91. The van der Waals surface area contributed by atoms with Crippen molar-refractivity contribution >= 4 is 23.3 Å². The van der Waals surface area contributed by atoms with E-state index >= 15 is 0 Å². The van der Waals surface area contributed by atoms with Gasteiger partial charge in [0.25, 0.3) is 0 Å². The van der Waals surface area contributed by atoms with E-state index in [4.69, 9.17) is 9.47 Å². The van der Waals surface area contributed by atoms with Gasteiger partial charge in [0, 0.05) is 31.0 Å². The van der Waals surface area contributed by atoms with Crippen molar-refractivity contribution in [3.05, 3.63) is 167 Å². The smallest absolute Gasteiger partial charge is 0.338 e. The van der Waals surface area contributed by atoms with Crippen LogP contribution in [0, 0.1) is 0 Å². The molecule has 0 fully saturated rings. The molecule has 5 rings (SSSR count). The Bertz CT molecular complexity index is 1570. The molecule has 0 amide bonds. The number of esters is 2. The molecule has 0 aliphatic heterocycles. The maximum absolute atomic E-state index is 12.1. The highest BCUT2D eigenvalue weighted by atomic mass is 16.5. The molecule has 6 heteroatoms. The third kappa shape index (κ3) is 10.7. The highest BCUT2D eigenvalue weighted by Crippen LogP contribution is 2.22. The lowest BCUT2D eigenvalue weighted by atomic mass is 10.1. The molecule has 0 saturated carbocycles. The summed E-state index contributed by atoms with van der Waals surface area (Å²) in [6.45, 7) is 6.65. The summed E-state index contributed by atoms with van der Waals surface area (Å²) in [7, 11) is 0. The van der Waals surface area contributed by atoms with Crippen LogP contribution in [0.15, 0.2) is 140 Å². The van der Waals surface area contributed by atoms with Crippen LogP contribution in [0.2, 0.25) is 0 Å². The van der Waals surface area contributed by atoms with Crippen molar-refractivity contribution in [1.29, 1.82) is 0 Å². The number of nitrogens with zero attached hydrogens (tertiary/aromatic N) is 1. The van der Waals surface area contributed by atoms with E-state index in [1.165, 1.54) is 16.7 Å². The molecule has 6 nitrogen and oxygen atoms in total. The van der Waals surface area contributed by atoms with E-state index in [0.29, 0.717) is 24.3 Å². The summed E-state index contributed by atoms with van der Waals surface area (Å²) in [6.07, 6.45) is 0. The fourth-order valence-corrected chi connectivity index (χ4v) is 4.66. The van der Waals surface area contributed by atoms with Gasteiger partial charge in [-0.1, -0.05) is 103 Å². The van der Waals surface area contributed by atoms with E-state index in [1.54, 1.807) is 25.1 Å². The molecule has 5 aromatic carbocycles. The Labute approximate surface area is 266 Å². The first-order chi connectivity index (χ1) is 22.1. The number of carbonyl (C=O) groups excluding carboxylic acids is 2. The quantitative estimate of drug-likeness (QED) is 0.145. The Kier molecular flexibility index (Phi) is 12.8. The second kappa shape index (κ2) is 17.7. The molecule has 45 heavy (non-hydrogen) atoms. The Balaban J connectivity index is 0.000000215. The molecular weight excluding hydrogens is 560 g/mol. The van der Waals surface area contributed by atoms with Gasteiger partial charge in [0.2, 0.25) is 0 Å². The van der Waals surface area contributed by atoms with E-state index in [-0.39, 0.29) is 11.9 Å². The maximum atomic E-state index is 12.1. The summed E-state index contributed by atoms with van der Waals surface area (Å²) >= 11 is 0. The van der Waals surface area contributed by atoms with Gasteiger partial charge in [-0.3, -0.25) is 0 Å². The Morgan fingerprint density at radius 2 is 1.02 bits per heavy atom. The fourth-order valence-electron chi connectivity index (χ4n) is 4.66. The Morgan fingerprint density at radius 3 is 1.53 bits per heavy atom. The Morgan fingerprint density at radius 1 is 0.556 bits per heavy atom. The second-order valence-corrected chi connectivity index (χ2v) is 10.2. The van der Waals surface area contributed by atoms with Crippen LogP contribution in [0.3, 0.4) is 0 Å². The van der Waals surface area contributed by atoms with E-state index in [2.05, 4.69) is 46.6 Å². The third-order valence-corrected chi connectivity index (χ3v) is 6.87. The lowest BCUT2D eigenvalue weighted by molar-refractivity contribution is 0.0517. The topological polar surface area (TPSA) is 67.9 Å². The number of hydrogen-bond acceptors (Lipinski definition) is 6. The van der Waals surface area contributed by atoms with Crippen LogP contribution in [0.1, 0.15) is 51.3 Å². The van der Waals surface area contributed by atoms with Gasteiger partial charge in [-0.05, 0) is 66.9 Å². The van der Waals surface area contributed by atoms with Crippen molar-refractivity contribution in [3.8, 4) is 0 Å². The van der Waals surface area contributed by atoms with Crippen LogP contribution in [-0.2, 0) is 29.1 Å². The van der Waals surface area contributed by atoms with Crippen molar-refractivity contribution in [2.45, 2.75) is 33.5 Å². The Hall–Kier alpha value is -5.36. The monoisotopic (exact) mass is 600 g/mol. The predicted molar refractivity (Wildman–Crippen MR) is 181 cm³/mol. The highest BCUT2D eigenvalue weighted by Gasteiger charge is 2.13.